The van der Waals surface area contributed by atoms with E-state index in [4.69, 9.17) is 10.5 Å². The molecule has 1 aromatic rings. The van der Waals surface area contributed by atoms with Gasteiger partial charge in [-0.25, -0.2) is 4.39 Å². The van der Waals surface area contributed by atoms with Crippen molar-refractivity contribution in [2.45, 2.75) is 24.8 Å². The van der Waals surface area contributed by atoms with Crippen molar-refractivity contribution in [1.29, 1.82) is 0 Å². The average Bonchev–Trinajstić information content (AvgIpc) is 2.18. The molecule has 0 unspecified atom stereocenters. The van der Waals surface area contributed by atoms with Crippen LogP contribution in [0.1, 0.15) is 24.8 Å². The van der Waals surface area contributed by atoms with Crippen molar-refractivity contribution >= 4 is 15.9 Å². The molecule has 1 aliphatic carbocycles. The molecule has 2 nitrogen and oxygen atoms in total. The van der Waals surface area contributed by atoms with Gasteiger partial charge in [-0.2, -0.15) is 0 Å². The van der Waals surface area contributed by atoms with E-state index in [-0.39, 0.29) is 5.82 Å². The molecule has 0 aromatic heterocycles. The number of hydrogen-bond acceptors (Lipinski definition) is 2. The van der Waals surface area contributed by atoms with Crippen molar-refractivity contribution in [3.05, 3.63) is 28.0 Å². The van der Waals surface area contributed by atoms with Gasteiger partial charge < -0.3 is 10.5 Å². The first-order chi connectivity index (χ1) is 7.07. The molecule has 0 radical (unpaired) electrons. The molecule has 82 valence electrons. The Kier molecular flexibility index (Phi) is 2.73. The molecule has 0 saturated heterocycles. The van der Waals surface area contributed by atoms with Crippen LogP contribution < -0.4 is 10.5 Å². The number of nitrogens with two attached hydrogens (primary N) is 1. The second-order valence-corrected chi connectivity index (χ2v) is 4.83. The van der Waals surface area contributed by atoms with Crippen LogP contribution in [0.3, 0.4) is 0 Å². The van der Waals surface area contributed by atoms with Gasteiger partial charge in [0.2, 0.25) is 0 Å². The summed E-state index contributed by atoms with van der Waals surface area (Å²) in [6.07, 6.45) is 2.73. The van der Waals surface area contributed by atoms with Crippen LogP contribution in [0.25, 0.3) is 0 Å². The van der Waals surface area contributed by atoms with Crippen LogP contribution in [0.4, 0.5) is 4.39 Å². The van der Waals surface area contributed by atoms with E-state index in [1.165, 1.54) is 0 Å². The molecule has 0 spiro atoms. The molecule has 15 heavy (non-hydrogen) atoms. The lowest BCUT2D eigenvalue weighted by Crippen LogP contribution is -2.44. The average molecular weight is 274 g/mol. The summed E-state index contributed by atoms with van der Waals surface area (Å²) in [4.78, 5) is 0. The van der Waals surface area contributed by atoms with Gasteiger partial charge in [-0.1, -0.05) is 0 Å². The molecule has 1 aliphatic rings. The van der Waals surface area contributed by atoms with Crippen LogP contribution in [0.15, 0.2) is 16.6 Å². The summed E-state index contributed by atoms with van der Waals surface area (Å²) >= 11 is 3.17. The van der Waals surface area contributed by atoms with Gasteiger partial charge in [0, 0.05) is 11.1 Å². The Labute approximate surface area is 96.7 Å². The van der Waals surface area contributed by atoms with Gasteiger partial charge in [0.25, 0.3) is 0 Å². The fraction of sp³-hybridized carbons (Fsp3) is 0.455. The summed E-state index contributed by atoms with van der Waals surface area (Å²) < 4.78 is 19.4. The standard InChI is InChI=1S/C11H13BrFNO/c1-15-7-5-8(10(13)9(12)6-7)11(14)3-2-4-11/h5-6H,2-4,14H2,1H3. The van der Waals surface area contributed by atoms with Gasteiger partial charge in [-0.05, 0) is 47.3 Å². The highest BCUT2D eigenvalue weighted by Crippen LogP contribution is 2.42. The first-order valence-corrected chi connectivity index (χ1v) is 5.68. The summed E-state index contributed by atoms with van der Waals surface area (Å²) in [6.45, 7) is 0. The maximum absolute atomic E-state index is 13.9. The topological polar surface area (TPSA) is 35.2 Å². The third-order valence-electron chi connectivity index (χ3n) is 3.02. The summed E-state index contributed by atoms with van der Waals surface area (Å²) in [5.74, 6) is 0.369. The Morgan fingerprint density at radius 3 is 2.60 bits per heavy atom. The Balaban J connectivity index is 2.49. The van der Waals surface area contributed by atoms with Crippen LogP contribution in [-0.4, -0.2) is 7.11 Å². The fourth-order valence-electron chi connectivity index (χ4n) is 1.87. The minimum absolute atomic E-state index is 0.266. The van der Waals surface area contributed by atoms with Crippen molar-refractivity contribution in [3.8, 4) is 5.75 Å². The summed E-state index contributed by atoms with van der Waals surface area (Å²) in [5.41, 5.74) is 6.16. The van der Waals surface area contributed by atoms with Gasteiger partial charge in [0.15, 0.2) is 0 Å². The number of methoxy groups -OCH3 is 1. The van der Waals surface area contributed by atoms with Crippen LogP contribution in [-0.2, 0) is 5.54 Å². The van der Waals surface area contributed by atoms with Crippen molar-refractivity contribution < 1.29 is 9.13 Å². The number of halogens is 2. The van der Waals surface area contributed by atoms with Crippen LogP contribution in [0.2, 0.25) is 0 Å². The molecule has 1 aromatic carbocycles. The maximum Gasteiger partial charge on any atom is 0.142 e. The zero-order valence-electron chi connectivity index (χ0n) is 8.52. The lowest BCUT2D eigenvalue weighted by Gasteiger charge is -2.39. The molecule has 1 saturated carbocycles. The Morgan fingerprint density at radius 1 is 1.47 bits per heavy atom. The molecular formula is C11H13BrFNO. The largest absolute Gasteiger partial charge is 0.497 e. The maximum atomic E-state index is 13.9. The third-order valence-corrected chi connectivity index (χ3v) is 3.60. The van der Waals surface area contributed by atoms with Gasteiger partial charge in [-0.15, -0.1) is 0 Å². The van der Waals surface area contributed by atoms with Gasteiger partial charge in [0.05, 0.1) is 11.6 Å². The zero-order valence-corrected chi connectivity index (χ0v) is 10.1. The molecule has 0 amide bonds. The molecule has 4 heteroatoms. The van der Waals surface area contributed by atoms with Gasteiger partial charge >= 0.3 is 0 Å². The van der Waals surface area contributed by atoms with Crippen LogP contribution in [0.5, 0.6) is 5.75 Å². The van der Waals surface area contributed by atoms with E-state index in [2.05, 4.69) is 15.9 Å². The second kappa shape index (κ2) is 3.76. The van der Waals surface area contributed by atoms with E-state index < -0.39 is 5.54 Å². The van der Waals surface area contributed by atoms with Crippen molar-refractivity contribution in [2.24, 2.45) is 5.73 Å². The highest BCUT2D eigenvalue weighted by atomic mass is 79.9. The highest BCUT2D eigenvalue weighted by molar-refractivity contribution is 9.10. The zero-order chi connectivity index (χ0) is 11.1. The molecule has 0 heterocycles. The normalized spacial score (nSPS) is 18.4. The molecule has 0 bridgehead atoms. The number of rotatable bonds is 2. The lowest BCUT2D eigenvalue weighted by molar-refractivity contribution is 0.243. The molecular weight excluding hydrogens is 261 g/mol. The quantitative estimate of drug-likeness (QED) is 0.899. The summed E-state index contributed by atoms with van der Waals surface area (Å²) in [7, 11) is 1.56. The minimum atomic E-state index is -0.499. The molecule has 2 rings (SSSR count). The summed E-state index contributed by atoms with van der Waals surface area (Å²) in [5, 5.41) is 0. The molecule has 0 atom stereocenters. The highest BCUT2D eigenvalue weighted by Gasteiger charge is 2.37. The summed E-state index contributed by atoms with van der Waals surface area (Å²) in [6, 6.07) is 3.31. The molecule has 1 fully saturated rings. The fourth-order valence-corrected chi connectivity index (χ4v) is 2.31. The first kappa shape index (κ1) is 10.9. The van der Waals surface area contributed by atoms with Crippen LogP contribution in [0, 0.1) is 5.82 Å². The van der Waals surface area contributed by atoms with E-state index >= 15 is 0 Å². The van der Waals surface area contributed by atoms with Crippen LogP contribution >= 0.6 is 15.9 Å². The van der Waals surface area contributed by atoms with E-state index in [1.54, 1.807) is 19.2 Å². The van der Waals surface area contributed by atoms with E-state index in [0.29, 0.717) is 15.8 Å². The van der Waals surface area contributed by atoms with E-state index in [1.807, 2.05) is 0 Å². The van der Waals surface area contributed by atoms with E-state index in [0.717, 1.165) is 19.3 Å². The Hall–Kier alpha value is -0.610. The first-order valence-electron chi connectivity index (χ1n) is 4.89. The predicted octanol–water partition coefficient (Wildman–Crippen LogP) is 2.93. The van der Waals surface area contributed by atoms with E-state index in [9.17, 15) is 4.39 Å². The molecule has 0 aliphatic heterocycles. The second-order valence-electron chi connectivity index (χ2n) is 3.98. The smallest absolute Gasteiger partial charge is 0.142 e. The number of benzene rings is 1. The predicted molar refractivity (Wildman–Crippen MR) is 60.4 cm³/mol. The third kappa shape index (κ3) is 1.76. The SMILES string of the molecule is COc1cc(Br)c(F)c(C2(N)CCC2)c1. The lowest BCUT2D eigenvalue weighted by atomic mass is 9.72. The number of ether oxygens (including phenoxy) is 1. The van der Waals surface area contributed by atoms with Gasteiger partial charge in [0.1, 0.15) is 11.6 Å². The number of hydrogen-bond donors (Lipinski definition) is 1. The monoisotopic (exact) mass is 273 g/mol. The van der Waals surface area contributed by atoms with Crippen molar-refractivity contribution in [1.82, 2.24) is 0 Å². The van der Waals surface area contributed by atoms with Crippen molar-refractivity contribution in [3.63, 3.8) is 0 Å². The van der Waals surface area contributed by atoms with Crippen molar-refractivity contribution in [2.75, 3.05) is 7.11 Å². The Morgan fingerprint density at radius 2 is 2.13 bits per heavy atom. The van der Waals surface area contributed by atoms with Gasteiger partial charge in [-0.3, -0.25) is 0 Å². The molecule has 2 N–H and O–H groups in total. The minimum Gasteiger partial charge on any atom is -0.497 e. The Bertz CT molecular complexity index is 390.